The van der Waals surface area contributed by atoms with Crippen molar-refractivity contribution in [2.24, 2.45) is 18.4 Å². The lowest BCUT2D eigenvalue weighted by Crippen LogP contribution is -2.45. The Bertz CT molecular complexity index is 596. The molecule has 6 heteroatoms. The maximum atomic E-state index is 13.0. The molecule has 1 aliphatic carbocycles. The maximum absolute atomic E-state index is 13.0. The summed E-state index contributed by atoms with van der Waals surface area (Å²) in [5.74, 6) is 0.393. The Morgan fingerprint density at radius 2 is 2.25 bits per heavy atom. The molecule has 3 aliphatic rings. The van der Waals surface area contributed by atoms with Gasteiger partial charge in [0.25, 0.3) is 0 Å². The first-order valence-electron chi connectivity index (χ1n) is 9.30. The standard InChI is InChI=1S/C18H28N4O2/c1-20-12-15(11-19-20)13-21-9-7-18(14-21)6-4-5-16(18)17(23)22-8-2-3-10-24-22/h11-12,16H,2-10,13-14H2,1H3/t16-,18-/m0/s1. The van der Waals surface area contributed by atoms with Crippen LogP contribution in [0.4, 0.5) is 0 Å². The molecular weight excluding hydrogens is 304 g/mol. The van der Waals surface area contributed by atoms with E-state index in [0.29, 0.717) is 6.61 Å². The number of aryl methyl sites for hydroxylation is 1. The van der Waals surface area contributed by atoms with Gasteiger partial charge in [-0.1, -0.05) is 6.42 Å². The normalized spacial score (nSPS) is 31.2. The fraction of sp³-hybridized carbons (Fsp3) is 0.778. The minimum Gasteiger partial charge on any atom is -0.298 e. The molecule has 1 aromatic heterocycles. The molecule has 0 bridgehead atoms. The van der Waals surface area contributed by atoms with Crippen molar-refractivity contribution in [3.63, 3.8) is 0 Å². The second kappa shape index (κ2) is 6.48. The number of carbonyl (C=O) groups is 1. The highest BCUT2D eigenvalue weighted by Gasteiger charge is 2.51. The van der Waals surface area contributed by atoms with Crippen LogP contribution in [0.3, 0.4) is 0 Å². The molecule has 3 heterocycles. The highest BCUT2D eigenvalue weighted by Crippen LogP contribution is 2.50. The summed E-state index contributed by atoms with van der Waals surface area (Å²) in [7, 11) is 1.96. The molecule has 1 aromatic rings. The van der Waals surface area contributed by atoms with E-state index >= 15 is 0 Å². The minimum absolute atomic E-state index is 0.148. The van der Waals surface area contributed by atoms with E-state index in [9.17, 15) is 4.79 Å². The van der Waals surface area contributed by atoms with Gasteiger partial charge in [-0.05, 0) is 44.1 Å². The molecule has 24 heavy (non-hydrogen) atoms. The Hall–Kier alpha value is -1.40. The second-order valence-electron chi connectivity index (χ2n) is 7.77. The smallest absolute Gasteiger partial charge is 0.249 e. The predicted octanol–water partition coefficient (Wildman–Crippen LogP) is 1.97. The van der Waals surface area contributed by atoms with E-state index in [1.807, 2.05) is 17.9 Å². The van der Waals surface area contributed by atoms with Crippen LogP contribution in [-0.2, 0) is 23.2 Å². The number of hydrogen-bond donors (Lipinski definition) is 0. The third kappa shape index (κ3) is 2.97. The highest BCUT2D eigenvalue weighted by molar-refractivity contribution is 5.79. The summed E-state index contributed by atoms with van der Waals surface area (Å²) in [6.45, 7) is 4.52. The first kappa shape index (κ1) is 16.1. The van der Waals surface area contributed by atoms with Crippen molar-refractivity contribution in [3.8, 4) is 0 Å². The predicted molar refractivity (Wildman–Crippen MR) is 89.8 cm³/mol. The summed E-state index contributed by atoms with van der Waals surface area (Å²) < 4.78 is 1.86. The highest BCUT2D eigenvalue weighted by atomic mass is 16.7. The largest absolute Gasteiger partial charge is 0.298 e. The summed E-state index contributed by atoms with van der Waals surface area (Å²) >= 11 is 0. The molecule has 2 saturated heterocycles. The van der Waals surface area contributed by atoms with Gasteiger partial charge in [-0.2, -0.15) is 5.10 Å². The van der Waals surface area contributed by atoms with Gasteiger partial charge in [-0.15, -0.1) is 0 Å². The number of carbonyl (C=O) groups excluding carboxylic acids is 1. The fourth-order valence-corrected chi connectivity index (χ4v) is 4.89. The number of nitrogens with zero attached hydrogens (tertiary/aromatic N) is 4. The number of hydroxylamine groups is 2. The molecule has 2 atom stereocenters. The lowest BCUT2D eigenvalue weighted by Gasteiger charge is -2.35. The van der Waals surface area contributed by atoms with Gasteiger partial charge in [0, 0.05) is 44.4 Å². The SMILES string of the molecule is Cn1cc(CN2CC[C@@]3(CCC[C@H]3C(=O)N3CCCCO3)C2)cn1. The maximum Gasteiger partial charge on any atom is 0.249 e. The molecule has 0 radical (unpaired) electrons. The number of likely N-dealkylation sites (tertiary alicyclic amines) is 1. The Morgan fingerprint density at radius 3 is 3.00 bits per heavy atom. The van der Waals surface area contributed by atoms with Crippen molar-refractivity contribution in [1.29, 1.82) is 0 Å². The second-order valence-corrected chi connectivity index (χ2v) is 7.77. The molecule has 1 saturated carbocycles. The Balaban J connectivity index is 1.43. The quantitative estimate of drug-likeness (QED) is 0.849. The summed E-state index contributed by atoms with van der Waals surface area (Å²) in [6, 6.07) is 0. The third-order valence-electron chi connectivity index (χ3n) is 6.08. The average molecular weight is 332 g/mol. The van der Waals surface area contributed by atoms with Crippen molar-refractivity contribution in [2.75, 3.05) is 26.2 Å². The van der Waals surface area contributed by atoms with Crippen molar-refractivity contribution in [2.45, 2.75) is 45.1 Å². The van der Waals surface area contributed by atoms with E-state index in [1.165, 1.54) is 18.4 Å². The van der Waals surface area contributed by atoms with Gasteiger partial charge in [0.05, 0.1) is 12.8 Å². The lowest BCUT2D eigenvalue weighted by molar-refractivity contribution is -0.204. The molecule has 0 unspecified atom stereocenters. The van der Waals surface area contributed by atoms with Gasteiger partial charge >= 0.3 is 0 Å². The van der Waals surface area contributed by atoms with Crippen LogP contribution in [0.5, 0.6) is 0 Å². The van der Waals surface area contributed by atoms with E-state index in [-0.39, 0.29) is 17.2 Å². The molecular formula is C18H28N4O2. The van der Waals surface area contributed by atoms with Gasteiger partial charge < -0.3 is 0 Å². The Kier molecular flexibility index (Phi) is 4.35. The zero-order valence-electron chi connectivity index (χ0n) is 14.6. The van der Waals surface area contributed by atoms with Crippen molar-refractivity contribution in [1.82, 2.24) is 19.7 Å². The molecule has 0 N–H and O–H groups in total. The van der Waals surface area contributed by atoms with E-state index in [4.69, 9.17) is 4.84 Å². The number of aromatic nitrogens is 2. The van der Waals surface area contributed by atoms with Crippen LogP contribution in [0, 0.1) is 11.3 Å². The minimum atomic E-state index is 0.148. The van der Waals surface area contributed by atoms with Crippen LogP contribution in [0.2, 0.25) is 0 Å². The summed E-state index contributed by atoms with van der Waals surface area (Å²) in [6.07, 6.45) is 10.7. The van der Waals surface area contributed by atoms with Gasteiger partial charge in [-0.25, -0.2) is 5.06 Å². The average Bonchev–Trinajstić information content (AvgIpc) is 3.30. The third-order valence-corrected chi connectivity index (χ3v) is 6.08. The molecule has 1 amide bonds. The first-order chi connectivity index (χ1) is 11.7. The van der Waals surface area contributed by atoms with Crippen LogP contribution in [-0.4, -0.2) is 51.9 Å². The number of rotatable bonds is 3. The monoisotopic (exact) mass is 332 g/mol. The van der Waals surface area contributed by atoms with Gasteiger partial charge in [0.1, 0.15) is 0 Å². The molecule has 1 spiro atoms. The molecule has 3 fully saturated rings. The van der Waals surface area contributed by atoms with E-state index in [0.717, 1.165) is 51.9 Å². The summed E-state index contributed by atoms with van der Waals surface area (Å²) in [4.78, 5) is 21.1. The van der Waals surface area contributed by atoms with Crippen LogP contribution in [0.1, 0.15) is 44.1 Å². The molecule has 132 valence electrons. The molecule has 6 nitrogen and oxygen atoms in total. The topological polar surface area (TPSA) is 50.6 Å². The van der Waals surface area contributed by atoms with E-state index in [2.05, 4.69) is 16.2 Å². The van der Waals surface area contributed by atoms with Crippen LogP contribution < -0.4 is 0 Å². The van der Waals surface area contributed by atoms with Crippen molar-refractivity contribution in [3.05, 3.63) is 18.0 Å². The van der Waals surface area contributed by atoms with Crippen LogP contribution >= 0.6 is 0 Å². The first-order valence-corrected chi connectivity index (χ1v) is 9.30. The van der Waals surface area contributed by atoms with Crippen LogP contribution in [0.15, 0.2) is 12.4 Å². The molecule has 2 aliphatic heterocycles. The summed E-state index contributed by atoms with van der Waals surface area (Å²) in [5.41, 5.74) is 1.43. The van der Waals surface area contributed by atoms with E-state index in [1.54, 1.807) is 5.06 Å². The van der Waals surface area contributed by atoms with Crippen LogP contribution in [0.25, 0.3) is 0 Å². The molecule has 0 aromatic carbocycles. The number of amides is 1. The van der Waals surface area contributed by atoms with Gasteiger partial charge in [0.15, 0.2) is 0 Å². The summed E-state index contributed by atoms with van der Waals surface area (Å²) in [5, 5.41) is 5.94. The van der Waals surface area contributed by atoms with Gasteiger partial charge in [-0.3, -0.25) is 19.2 Å². The Labute approximate surface area is 143 Å². The molecule has 4 rings (SSSR count). The number of hydrogen-bond acceptors (Lipinski definition) is 4. The van der Waals surface area contributed by atoms with Crippen molar-refractivity contribution < 1.29 is 9.63 Å². The van der Waals surface area contributed by atoms with E-state index < -0.39 is 0 Å². The Morgan fingerprint density at radius 1 is 1.33 bits per heavy atom. The lowest BCUT2D eigenvalue weighted by atomic mass is 9.76. The van der Waals surface area contributed by atoms with Gasteiger partial charge in [0.2, 0.25) is 5.91 Å². The zero-order chi connectivity index (χ0) is 16.6. The zero-order valence-corrected chi connectivity index (χ0v) is 14.6. The van der Waals surface area contributed by atoms with Crippen molar-refractivity contribution >= 4 is 5.91 Å². The fourth-order valence-electron chi connectivity index (χ4n) is 4.89.